The van der Waals surface area contributed by atoms with Gasteiger partial charge >= 0.3 is 0 Å². The van der Waals surface area contributed by atoms with Gasteiger partial charge in [-0.2, -0.15) is 0 Å². The van der Waals surface area contributed by atoms with E-state index in [4.69, 9.17) is 0 Å². The van der Waals surface area contributed by atoms with E-state index in [2.05, 4.69) is 20.5 Å². The first-order valence-corrected chi connectivity index (χ1v) is 8.10. The molecule has 0 aliphatic heterocycles. The van der Waals surface area contributed by atoms with Crippen molar-refractivity contribution in [1.29, 1.82) is 0 Å². The fourth-order valence-corrected chi connectivity index (χ4v) is 2.73. The molecule has 0 fully saturated rings. The number of hydrogen-bond donors (Lipinski definition) is 0. The topological polar surface area (TPSA) is 76.8 Å². The largest absolute Gasteiger partial charge is 0.343 e. The van der Waals surface area contributed by atoms with Gasteiger partial charge in [0.25, 0.3) is 0 Å². The Hall–Kier alpha value is -1.83. The smallest absolute Gasteiger partial charge is 0.247 e. The fourth-order valence-electron chi connectivity index (χ4n) is 2.12. The molecule has 7 nitrogen and oxygen atoms in total. The molecule has 0 radical (unpaired) electrons. The van der Waals surface area contributed by atoms with Crippen LogP contribution in [0.5, 0.6) is 0 Å². The maximum Gasteiger partial charge on any atom is 0.247 e. The van der Waals surface area contributed by atoms with Crippen LogP contribution in [-0.4, -0.2) is 49.6 Å². The highest BCUT2D eigenvalue weighted by Crippen LogP contribution is 2.22. The first-order valence-electron chi connectivity index (χ1n) is 7.22. The van der Waals surface area contributed by atoms with E-state index >= 15 is 0 Å². The zero-order chi connectivity index (χ0) is 16.3. The molecule has 8 heteroatoms. The van der Waals surface area contributed by atoms with Crippen LogP contribution in [0.3, 0.4) is 0 Å². The number of likely N-dealkylation sites (N-methyl/N-ethyl adjacent to an activating group) is 1. The van der Waals surface area contributed by atoms with Crippen LogP contribution >= 0.6 is 11.3 Å². The Labute approximate surface area is 134 Å². The third kappa shape index (κ3) is 3.68. The first kappa shape index (κ1) is 16.5. The number of tetrazole rings is 1. The number of carbonyl (C=O) groups excluding carboxylic acids is 1. The monoisotopic (exact) mass is 322 g/mol. The number of amides is 1. The average molecular weight is 322 g/mol. The van der Waals surface area contributed by atoms with Crippen molar-refractivity contribution >= 4 is 17.2 Å². The molecule has 0 aliphatic rings. The molecular weight excluding hydrogens is 300 g/mol. The molecule has 2 aromatic rings. The molecule has 0 saturated carbocycles. The van der Waals surface area contributed by atoms with Gasteiger partial charge in [0, 0.05) is 37.0 Å². The van der Waals surface area contributed by atoms with Crippen LogP contribution in [-0.2, 0) is 16.6 Å². The van der Waals surface area contributed by atoms with Gasteiger partial charge in [0.15, 0.2) is 5.82 Å². The van der Waals surface area contributed by atoms with Crippen LogP contribution in [0.2, 0.25) is 0 Å². The lowest BCUT2D eigenvalue weighted by Gasteiger charge is -2.24. The zero-order valence-corrected chi connectivity index (χ0v) is 14.5. The van der Waals surface area contributed by atoms with Gasteiger partial charge in [-0.1, -0.05) is 20.8 Å². The van der Waals surface area contributed by atoms with Crippen LogP contribution in [0.15, 0.2) is 11.6 Å². The van der Waals surface area contributed by atoms with Crippen molar-refractivity contribution in [3.63, 3.8) is 0 Å². The summed E-state index contributed by atoms with van der Waals surface area (Å²) < 4.78 is 1.61. The van der Waals surface area contributed by atoms with Crippen molar-refractivity contribution in [3.8, 4) is 0 Å². The van der Waals surface area contributed by atoms with Crippen molar-refractivity contribution in [2.45, 2.75) is 45.6 Å². The number of aromatic nitrogens is 5. The summed E-state index contributed by atoms with van der Waals surface area (Å²) in [5, 5.41) is 14.7. The van der Waals surface area contributed by atoms with Gasteiger partial charge in [-0.15, -0.1) is 16.4 Å². The lowest BCUT2D eigenvalue weighted by Crippen LogP contribution is -2.36. The maximum atomic E-state index is 12.6. The summed E-state index contributed by atoms with van der Waals surface area (Å²) in [7, 11) is 1.80. The number of rotatable bonds is 5. The third-order valence-electron chi connectivity index (χ3n) is 3.41. The van der Waals surface area contributed by atoms with E-state index in [0.29, 0.717) is 12.4 Å². The standard InChI is InChI=1S/C14H22N6OS/c1-10(20-13(14(2,3)4)16-17-18-20)12(21)19(5)8-6-11-15-7-9-22-11/h7,9-10H,6,8H2,1-5H3. The quantitative estimate of drug-likeness (QED) is 0.837. The van der Waals surface area contributed by atoms with Crippen LogP contribution in [0.1, 0.15) is 44.6 Å². The third-order valence-corrected chi connectivity index (χ3v) is 4.25. The molecule has 2 heterocycles. The SMILES string of the molecule is CC(C(=O)N(C)CCc1nccs1)n1nnnc1C(C)(C)C. The van der Waals surface area contributed by atoms with E-state index in [-0.39, 0.29) is 11.3 Å². The second-order valence-corrected chi connectivity index (χ2v) is 7.29. The lowest BCUT2D eigenvalue weighted by atomic mass is 9.95. The van der Waals surface area contributed by atoms with E-state index in [0.717, 1.165) is 11.4 Å². The van der Waals surface area contributed by atoms with Gasteiger partial charge < -0.3 is 4.90 Å². The highest BCUT2D eigenvalue weighted by Gasteiger charge is 2.28. The van der Waals surface area contributed by atoms with E-state index in [1.165, 1.54) is 0 Å². The van der Waals surface area contributed by atoms with Crippen LogP contribution < -0.4 is 0 Å². The van der Waals surface area contributed by atoms with E-state index in [1.807, 2.05) is 33.1 Å². The summed E-state index contributed by atoms with van der Waals surface area (Å²) in [5.41, 5.74) is -0.211. The Morgan fingerprint density at radius 2 is 2.18 bits per heavy atom. The molecule has 1 unspecified atom stereocenters. The highest BCUT2D eigenvalue weighted by molar-refractivity contribution is 7.09. The minimum atomic E-state index is -0.425. The number of thiazole rings is 1. The molecule has 0 N–H and O–H groups in total. The highest BCUT2D eigenvalue weighted by atomic mass is 32.1. The summed E-state index contributed by atoms with van der Waals surface area (Å²) in [6.07, 6.45) is 2.54. The second-order valence-electron chi connectivity index (χ2n) is 6.31. The van der Waals surface area contributed by atoms with Gasteiger partial charge in [0.1, 0.15) is 6.04 Å². The van der Waals surface area contributed by atoms with Gasteiger partial charge in [-0.3, -0.25) is 4.79 Å². The molecule has 1 atom stereocenters. The molecule has 0 saturated heterocycles. The summed E-state index contributed by atoms with van der Waals surface area (Å²) in [6.45, 7) is 8.53. The summed E-state index contributed by atoms with van der Waals surface area (Å²) in [6, 6.07) is -0.425. The van der Waals surface area contributed by atoms with Crippen molar-refractivity contribution in [1.82, 2.24) is 30.1 Å². The van der Waals surface area contributed by atoms with Gasteiger partial charge in [0.2, 0.25) is 5.91 Å². The van der Waals surface area contributed by atoms with Crippen LogP contribution in [0.25, 0.3) is 0 Å². The van der Waals surface area contributed by atoms with E-state index in [9.17, 15) is 4.79 Å². The Morgan fingerprint density at radius 1 is 1.45 bits per heavy atom. The lowest BCUT2D eigenvalue weighted by molar-refractivity contribution is -0.133. The van der Waals surface area contributed by atoms with Crippen molar-refractivity contribution in [2.24, 2.45) is 0 Å². The molecule has 1 amide bonds. The van der Waals surface area contributed by atoms with E-state index < -0.39 is 6.04 Å². The molecule has 120 valence electrons. The fraction of sp³-hybridized carbons (Fsp3) is 0.643. The summed E-state index contributed by atoms with van der Waals surface area (Å²) >= 11 is 1.60. The number of nitrogens with zero attached hydrogens (tertiary/aromatic N) is 6. The summed E-state index contributed by atoms with van der Waals surface area (Å²) in [4.78, 5) is 18.5. The minimum Gasteiger partial charge on any atom is -0.343 e. The molecule has 0 aliphatic carbocycles. The van der Waals surface area contributed by atoms with Gasteiger partial charge in [0.05, 0.1) is 5.01 Å². The predicted molar refractivity (Wildman–Crippen MR) is 84.7 cm³/mol. The maximum absolute atomic E-state index is 12.6. The Balaban J connectivity index is 2.04. The van der Waals surface area contributed by atoms with Crippen LogP contribution in [0, 0.1) is 0 Å². The van der Waals surface area contributed by atoms with Crippen LogP contribution in [0.4, 0.5) is 0 Å². The normalized spacial score (nSPS) is 13.1. The molecule has 0 aromatic carbocycles. The molecule has 2 rings (SSSR count). The van der Waals surface area contributed by atoms with Gasteiger partial charge in [-0.25, -0.2) is 9.67 Å². The predicted octanol–water partition coefficient (Wildman–Crippen LogP) is 1.69. The first-order chi connectivity index (χ1) is 10.3. The van der Waals surface area contributed by atoms with Gasteiger partial charge in [-0.05, 0) is 17.4 Å². The van der Waals surface area contributed by atoms with E-state index in [1.54, 1.807) is 34.2 Å². The Morgan fingerprint density at radius 3 is 2.77 bits per heavy atom. The molecular formula is C14H22N6OS. The molecule has 2 aromatic heterocycles. The second kappa shape index (κ2) is 6.51. The molecule has 22 heavy (non-hydrogen) atoms. The zero-order valence-electron chi connectivity index (χ0n) is 13.6. The van der Waals surface area contributed by atoms with Crippen molar-refractivity contribution in [3.05, 3.63) is 22.4 Å². The number of carbonyl (C=O) groups is 1. The summed E-state index contributed by atoms with van der Waals surface area (Å²) in [5.74, 6) is 0.705. The average Bonchev–Trinajstić information content (AvgIpc) is 3.12. The number of hydrogen-bond acceptors (Lipinski definition) is 6. The van der Waals surface area contributed by atoms with Crippen molar-refractivity contribution < 1.29 is 4.79 Å². The molecule has 0 spiro atoms. The minimum absolute atomic E-state index is 0.00523. The Kier molecular flexibility index (Phi) is 4.90. The van der Waals surface area contributed by atoms with Crippen molar-refractivity contribution in [2.75, 3.05) is 13.6 Å². The Bertz CT molecular complexity index is 616. The molecule has 0 bridgehead atoms.